The van der Waals surface area contributed by atoms with Crippen LogP contribution in [0.15, 0.2) is 12.2 Å². The molecule has 1 rings (SSSR count). The molecule has 1 heterocycles. The van der Waals surface area contributed by atoms with E-state index in [0.717, 1.165) is 19.4 Å². The van der Waals surface area contributed by atoms with E-state index in [2.05, 4.69) is 11.9 Å². The maximum Gasteiger partial charge on any atom is 0.174 e. The molecule has 0 radical (unpaired) electrons. The number of hydrogen-bond acceptors (Lipinski definition) is 2. The molecule has 1 N–H and O–H groups in total. The normalized spacial score (nSPS) is 24.6. The predicted molar refractivity (Wildman–Crippen MR) is 50.1 cm³/mol. The van der Waals surface area contributed by atoms with Gasteiger partial charge < -0.3 is 5.32 Å². The van der Waals surface area contributed by atoms with E-state index in [1.165, 1.54) is 12.8 Å². The molecule has 0 bridgehead atoms. The van der Waals surface area contributed by atoms with E-state index in [4.69, 9.17) is 0 Å². The molecule has 0 amide bonds. The fourth-order valence-corrected chi connectivity index (χ4v) is 1.55. The summed E-state index contributed by atoms with van der Waals surface area (Å²) in [4.78, 5) is 11.5. The summed E-state index contributed by atoms with van der Waals surface area (Å²) in [6.45, 7) is 6.43. The Morgan fingerprint density at radius 1 is 1.42 bits per heavy atom. The number of carbonyl (C=O) groups is 1. The van der Waals surface area contributed by atoms with Crippen molar-refractivity contribution in [3.05, 3.63) is 12.2 Å². The zero-order chi connectivity index (χ0) is 8.97. The van der Waals surface area contributed by atoms with Crippen molar-refractivity contribution in [2.45, 2.75) is 38.6 Å². The van der Waals surface area contributed by atoms with Gasteiger partial charge in [-0.2, -0.15) is 0 Å². The van der Waals surface area contributed by atoms with E-state index >= 15 is 0 Å². The lowest BCUT2D eigenvalue weighted by molar-refractivity contribution is -0.117. The van der Waals surface area contributed by atoms with E-state index in [1.807, 2.05) is 0 Å². The number of hydrogen-bond donors (Lipinski definition) is 1. The highest BCUT2D eigenvalue weighted by Gasteiger charge is 2.19. The van der Waals surface area contributed by atoms with Gasteiger partial charge in [0, 0.05) is 0 Å². The smallest absolute Gasteiger partial charge is 0.174 e. The summed E-state index contributed by atoms with van der Waals surface area (Å²) in [5, 5.41) is 3.25. The Hall–Kier alpha value is -0.630. The zero-order valence-corrected chi connectivity index (χ0v) is 7.73. The van der Waals surface area contributed by atoms with Gasteiger partial charge in [0.1, 0.15) is 0 Å². The van der Waals surface area contributed by atoms with Crippen molar-refractivity contribution in [2.24, 2.45) is 0 Å². The maximum absolute atomic E-state index is 11.5. The lowest BCUT2D eigenvalue weighted by Gasteiger charge is -2.13. The van der Waals surface area contributed by atoms with Crippen molar-refractivity contribution in [2.75, 3.05) is 6.54 Å². The van der Waals surface area contributed by atoms with Gasteiger partial charge in [-0.15, -0.1) is 0 Å². The number of Topliss-reactive ketones (excluding diaryl/α,β-unsaturated/α-hetero) is 1. The predicted octanol–water partition coefficient (Wildman–Crippen LogP) is 1.66. The second-order valence-corrected chi connectivity index (χ2v) is 3.50. The van der Waals surface area contributed by atoms with Gasteiger partial charge >= 0.3 is 0 Å². The average Bonchev–Trinajstić information content (AvgIpc) is 2.30. The SMILES string of the molecule is C=C(C)C(=O)C1CCCCCN1. The third-order valence-corrected chi connectivity index (χ3v) is 2.30. The van der Waals surface area contributed by atoms with Crippen molar-refractivity contribution in [1.29, 1.82) is 0 Å². The summed E-state index contributed by atoms with van der Waals surface area (Å²) in [6, 6.07) is 0.0463. The maximum atomic E-state index is 11.5. The lowest BCUT2D eigenvalue weighted by Crippen LogP contribution is -2.36. The van der Waals surface area contributed by atoms with Gasteiger partial charge in [0.15, 0.2) is 5.78 Å². The van der Waals surface area contributed by atoms with Gasteiger partial charge in [-0.3, -0.25) is 4.79 Å². The fourth-order valence-electron chi connectivity index (χ4n) is 1.55. The molecule has 1 unspecified atom stereocenters. The summed E-state index contributed by atoms with van der Waals surface area (Å²) < 4.78 is 0. The minimum atomic E-state index is 0.0463. The minimum absolute atomic E-state index is 0.0463. The molecule has 1 aliphatic rings. The number of nitrogens with one attached hydrogen (secondary N) is 1. The van der Waals surface area contributed by atoms with Crippen LogP contribution < -0.4 is 5.32 Å². The Labute approximate surface area is 74.0 Å². The van der Waals surface area contributed by atoms with E-state index < -0.39 is 0 Å². The molecule has 0 spiro atoms. The molecule has 2 heteroatoms. The molecule has 0 aromatic heterocycles. The van der Waals surface area contributed by atoms with Crippen LogP contribution in [0.25, 0.3) is 0 Å². The highest BCUT2D eigenvalue weighted by Crippen LogP contribution is 2.11. The molecule has 1 fully saturated rings. The molecule has 0 aromatic rings. The van der Waals surface area contributed by atoms with Crippen LogP contribution in [0.5, 0.6) is 0 Å². The van der Waals surface area contributed by atoms with Crippen molar-refractivity contribution in [1.82, 2.24) is 5.32 Å². The van der Waals surface area contributed by atoms with Crippen LogP contribution in [0.4, 0.5) is 0 Å². The molecule has 0 aliphatic carbocycles. The third-order valence-electron chi connectivity index (χ3n) is 2.30. The molecule has 1 saturated heterocycles. The van der Waals surface area contributed by atoms with Crippen LogP contribution in [-0.2, 0) is 4.79 Å². The summed E-state index contributed by atoms with van der Waals surface area (Å²) in [7, 11) is 0. The first-order valence-electron chi connectivity index (χ1n) is 4.65. The van der Waals surface area contributed by atoms with Gasteiger partial charge in [-0.05, 0) is 31.9 Å². The Kier molecular flexibility index (Phi) is 3.48. The van der Waals surface area contributed by atoms with E-state index in [9.17, 15) is 4.79 Å². The second kappa shape index (κ2) is 4.41. The topological polar surface area (TPSA) is 29.1 Å². The van der Waals surface area contributed by atoms with Crippen LogP contribution in [0.3, 0.4) is 0 Å². The van der Waals surface area contributed by atoms with Crippen molar-refractivity contribution in [3.8, 4) is 0 Å². The fraction of sp³-hybridized carbons (Fsp3) is 0.700. The molecular formula is C10H17NO. The molecule has 0 aromatic carbocycles. The Balaban J connectivity index is 2.48. The molecule has 1 atom stereocenters. The van der Waals surface area contributed by atoms with Gasteiger partial charge in [0.2, 0.25) is 0 Å². The van der Waals surface area contributed by atoms with Crippen LogP contribution >= 0.6 is 0 Å². The Bertz CT molecular complexity index is 178. The first-order chi connectivity index (χ1) is 5.72. The number of rotatable bonds is 2. The summed E-state index contributed by atoms with van der Waals surface area (Å²) >= 11 is 0. The first kappa shape index (κ1) is 9.46. The Morgan fingerprint density at radius 2 is 2.17 bits per heavy atom. The lowest BCUT2D eigenvalue weighted by atomic mass is 10.0. The third kappa shape index (κ3) is 2.45. The van der Waals surface area contributed by atoms with Crippen molar-refractivity contribution in [3.63, 3.8) is 0 Å². The van der Waals surface area contributed by atoms with Gasteiger partial charge in [-0.25, -0.2) is 0 Å². The zero-order valence-electron chi connectivity index (χ0n) is 7.73. The van der Waals surface area contributed by atoms with Crippen molar-refractivity contribution < 1.29 is 4.79 Å². The summed E-state index contributed by atoms with van der Waals surface area (Å²) in [6.07, 6.45) is 4.58. The quantitative estimate of drug-likeness (QED) is 0.634. The highest BCUT2D eigenvalue weighted by atomic mass is 16.1. The molecule has 12 heavy (non-hydrogen) atoms. The van der Waals surface area contributed by atoms with Crippen molar-refractivity contribution >= 4 is 5.78 Å². The number of carbonyl (C=O) groups excluding carboxylic acids is 1. The Morgan fingerprint density at radius 3 is 2.83 bits per heavy atom. The highest BCUT2D eigenvalue weighted by molar-refractivity contribution is 5.98. The number of ketones is 1. The van der Waals surface area contributed by atoms with Crippen LogP contribution in [0.2, 0.25) is 0 Å². The summed E-state index contributed by atoms with van der Waals surface area (Å²) in [5.41, 5.74) is 0.675. The standard InChI is InChI=1S/C10H17NO/c1-8(2)10(12)9-6-4-3-5-7-11-9/h9,11H,1,3-7H2,2H3. The van der Waals surface area contributed by atoms with E-state index in [1.54, 1.807) is 6.92 Å². The monoisotopic (exact) mass is 167 g/mol. The van der Waals surface area contributed by atoms with Gasteiger partial charge in [0.25, 0.3) is 0 Å². The van der Waals surface area contributed by atoms with E-state index in [0.29, 0.717) is 5.57 Å². The largest absolute Gasteiger partial charge is 0.307 e. The van der Waals surface area contributed by atoms with E-state index in [-0.39, 0.29) is 11.8 Å². The second-order valence-electron chi connectivity index (χ2n) is 3.50. The minimum Gasteiger partial charge on any atom is -0.307 e. The van der Waals surface area contributed by atoms with Crippen LogP contribution in [0, 0.1) is 0 Å². The molecule has 68 valence electrons. The first-order valence-corrected chi connectivity index (χ1v) is 4.65. The molecule has 1 aliphatic heterocycles. The van der Waals surface area contributed by atoms with Gasteiger partial charge in [-0.1, -0.05) is 19.4 Å². The van der Waals surface area contributed by atoms with Gasteiger partial charge in [0.05, 0.1) is 6.04 Å². The molecule has 0 saturated carbocycles. The summed E-state index contributed by atoms with van der Waals surface area (Å²) in [5.74, 6) is 0.192. The molecular weight excluding hydrogens is 150 g/mol. The molecule has 2 nitrogen and oxygen atoms in total. The average molecular weight is 167 g/mol. The van der Waals surface area contributed by atoms with Crippen LogP contribution in [-0.4, -0.2) is 18.4 Å². The van der Waals surface area contributed by atoms with Crippen LogP contribution in [0.1, 0.15) is 32.6 Å².